The minimum Gasteiger partial charge on any atom is -0.378 e. The number of nitrogens with two attached hydrogens (primary N) is 1. The molecule has 0 unspecified atom stereocenters. The second-order valence-electron chi connectivity index (χ2n) is 9.49. The highest BCUT2D eigenvalue weighted by Crippen LogP contribution is 2.37. The number of amides is 3. The van der Waals surface area contributed by atoms with E-state index in [0.717, 1.165) is 17.7 Å². The number of nitrogens with one attached hydrogen (secondary N) is 1. The Morgan fingerprint density at radius 3 is 2.05 bits per heavy atom. The summed E-state index contributed by atoms with van der Waals surface area (Å²) in [6, 6.07) is 18.2. The van der Waals surface area contributed by atoms with E-state index in [1.807, 2.05) is 36.4 Å². The Kier molecular flexibility index (Phi) is 8.29. The maximum absolute atomic E-state index is 13.9. The van der Waals surface area contributed by atoms with Crippen LogP contribution in [0.1, 0.15) is 48.0 Å². The van der Waals surface area contributed by atoms with Crippen molar-refractivity contribution in [3.63, 3.8) is 0 Å². The van der Waals surface area contributed by atoms with Crippen molar-refractivity contribution in [3.8, 4) is 0 Å². The van der Waals surface area contributed by atoms with Crippen LogP contribution in [-0.4, -0.2) is 46.4 Å². The molecule has 0 aliphatic carbocycles. The molecule has 0 radical (unpaired) electrons. The summed E-state index contributed by atoms with van der Waals surface area (Å²) in [6.45, 7) is 1.62. The summed E-state index contributed by atoms with van der Waals surface area (Å²) in [5.41, 5.74) is 7.17. The Balaban J connectivity index is 1.81. The van der Waals surface area contributed by atoms with Crippen molar-refractivity contribution < 1.29 is 28.3 Å². The van der Waals surface area contributed by atoms with Gasteiger partial charge in [0.25, 0.3) is 5.91 Å². The van der Waals surface area contributed by atoms with E-state index in [4.69, 9.17) is 5.73 Å². The smallest absolute Gasteiger partial charge is 0.263 e. The fraction of sp³-hybridized carbons (Fsp3) is 0.276. The van der Waals surface area contributed by atoms with E-state index in [1.54, 1.807) is 24.3 Å². The molecule has 5 atom stereocenters. The number of halogens is 2. The van der Waals surface area contributed by atoms with E-state index >= 15 is 0 Å². The largest absolute Gasteiger partial charge is 0.378 e. The highest BCUT2D eigenvalue weighted by Gasteiger charge is 2.46. The monoisotopic (exact) mass is 521 g/mol. The molecule has 3 aromatic rings. The van der Waals surface area contributed by atoms with Crippen molar-refractivity contribution in [3.05, 3.63) is 107 Å². The number of carbonyl (C=O) groups excluding carboxylic acids is 3. The van der Waals surface area contributed by atoms with Gasteiger partial charge in [-0.05, 0) is 42.2 Å². The zero-order valence-electron chi connectivity index (χ0n) is 20.8. The number of nitrogens with zero attached hydrogens (tertiary/aromatic N) is 1. The third kappa shape index (κ3) is 5.79. The predicted molar refractivity (Wildman–Crippen MR) is 137 cm³/mol. The van der Waals surface area contributed by atoms with Crippen LogP contribution in [0.2, 0.25) is 0 Å². The van der Waals surface area contributed by atoms with Crippen molar-refractivity contribution >= 4 is 17.7 Å². The van der Waals surface area contributed by atoms with Gasteiger partial charge < -0.3 is 16.2 Å². The molecular formula is C29H29F2N3O4. The minimum absolute atomic E-state index is 0.139. The molecule has 0 spiro atoms. The molecule has 1 saturated heterocycles. The van der Waals surface area contributed by atoms with Crippen molar-refractivity contribution in [1.29, 1.82) is 0 Å². The Morgan fingerprint density at radius 1 is 0.947 bits per heavy atom. The molecule has 7 nitrogen and oxygen atoms in total. The summed E-state index contributed by atoms with van der Waals surface area (Å²) >= 11 is 0. The van der Waals surface area contributed by atoms with Crippen LogP contribution >= 0.6 is 0 Å². The van der Waals surface area contributed by atoms with E-state index in [-0.39, 0.29) is 18.0 Å². The molecule has 0 bridgehead atoms. The van der Waals surface area contributed by atoms with Gasteiger partial charge in [-0.25, -0.2) is 8.78 Å². The van der Waals surface area contributed by atoms with Crippen LogP contribution in [0, 0.1) is 11.6 Å². The van der Waals surface area contributed by atoms with E-state index in [9.17, 15) is 28.3 Å². The molecule has 3 aromatic carbocycles. The maximum Gasteiger partial charge on any atom is 0.263 e. The Bertz CT molecular complexity index is 1280. The number of aliphatic hydroxyl groups excluding tert-OH is 1. The first-order chi connectivity index (χ1) is 18.2. The van der Waals surface area contributed by atoms with Crippen molar-refractivity contribution in [1.82, 2.24) is 10.2 Å². The molecule has 9 heteroatoms. The lowest BCUT2D eigenvalue weighted by Gasteiger charge is -2.36. The van der Waals surface area contributed by atoms with Crippen LogP contribution in [0.25, 0.3) is 0 Å². The number of hydrogen-bond donors (Lipinski definition) is 3. The maximum atomic E-state index is 13.9. The third-order valence-corrected chi connectivity index (χ3v) is 6.79. The van der Waals surface area contributed by atoms with E-state index in [0.29, 0.717) is 23.0 Å². The molecule has 1 heterocycles. The first-order valence-electron chi connectivity index (χ1n) is 12.3. The van der Waals surface area contributed by atoms with Gasteiger partial charge in [0.1, 0.15) is 17.7 Å². The lowest BCUT2D eigenvalue weighted by molar-refractivity contribution is -0.158. The summed E-state index contributed by atoms with van der Waals surface area (Å²) in [6.07, 6.45) is -1.72. The van der Waals surface area contributed by atoms with Gasteiger partial charge in [-0.3, -0.25) is 19.3 Å². The van der Waals surface area contributed by atoms with Crippen molar-refractivity contribution in [2.45, 2.75) is 43.4 Å². The minimum atomic E-state index is -2.11. The number of benzene rings is 3. The lowest BCUT2D eigenvalue weighted by atomic mass is 9.81. The molecular weight excluding hydrogens is 492 g/mol. The van der Waals surface area contributed by atoms with Gasteiger partial charge in [0, 0.05) is 24.4 Å². The molecule has 1 aliphatic heterocycles. The molecule has 1 aliphatic rings. The number of carbonyl (C=O) groups is 3. The molecule has 4 rings (SSSR count). The first kappa shape index (κ1) is 27.1. The molecule has 1 fully saturated rings. The number of hydrogen-bond acceptors (Lipinski definition) is 5. The van der Waals surface area contributed by atoms with Gasteiger partial charge in [0.2, 0.25) is 11.8 Å². The zero-order valence-corrected chi connectivity index (χ0v) is 20.8. The fourth-order valence-corrected chi connectivity index (χ4v) is 4.93. The van der Waals surface area contributed by atoms with Crippen LogP contribution < -0.4 is 11.1 Å². The highest BCUT2D eigenvalue weighted by atomic mass is 19.1. The highest BCUT2D eigenvalue weighted by molar-refractivity contribution is 6.04. The number of rotatable bonds is 6. The summed E-state index contributed by atoms with van der Waals surface area (Å²) in [5.74, 6) is -5.50. The quantitative estimate of drug-likeness (QED) is 0.461. The van der Waals surface area contributed by atoms with Gasteiger partial charge >= 0.3 is 0 Å². The summed E-state index contributed by atoms with van der Waals surface area (Å²) in [7, 11) is 0. The Labute approximate surface area is 219 Å². The number of aliphatic hydroxyl groups is 1. The number of imide groups is 1. The molecule has 3 amide bonds. The second-order valence-corrected chi connectivity index (χ2v) is 9.49. The summed E-state index contributed by atoms with van der Waals surface area (Å²) in [5, 5.41) is 13.7. The predicted octanol–water partition coefficient (Wildman–Crippen LogP) is 3.16. The van der Waals surface area contributed by atoms with Crippen LogP contribution in [-0.2, 0) is 14.4 Å². The third-order valence-electron chi connectivity index (χ3n) is 6.79. The SMILES string of the molecule is C[C@H](N)C(=O)N(C(=O)[C@@H](O)c1cc(F)cc(F)c1)[C@@H]1C(=O)NC[C@H](c2ccccc2)C[C@H]1c1ccccc1. The van der Waals surface area contributed by atoms with Gasteiger partial charge in [-0.1, -0.05) is 60.7 Å². The lowest BCUT2D eigenvalue weighted by Crippen LogP contribution is -2.58. The van der Waals surface area contributed by atoms with E-state index in [1.165, 1.54) is 6.92 Å². The van der Waals surface area contributed by atoms with Crippen molar-refractivity contribution in [2.24, 2.45) is 5.73 Å². The summed E-state index contributed by atoms with van der Waals surface area (Å²) in [4.78, 5) is 41.3. The Morgan fingerprint density at radius 2 is 1.50 bits per heavy atom. The average molecular weight is 522 g/mol. The van der Waals surface area contributed by atoms with Crippen LogP contribution in [0.15, 0.2) is 78.9 Å². The van der Waals surface area contributed by atoms with Crippen LogP contribution in [0.3, 0.4) is 0 Å². The van der Waals surface area contributed by atoms with Crippen molar-refractivity contribution in [2.75, 3.05) is 6.54 Å². The van der Waals surface area contributed by atoms with E-state index in [2.05, 4.69) is 5.32 Å². The van der Waals surface area contributed by atoms with Gasteiger partial charge in [0.15, 0.2) is 6.10 Å². The van der Waals surface area contributed by atoms with E-state index < -0.39 is 53.5 Å². The zero-order chi connectivity index (χ0) is 27.4. The average Bonchev–Trinajstić information content (AvgIpc) is 3.08. The Hall–Kier alpha value is -3.95. The van der Waals surface area contributed by atoms with Crippen LogP contribution in [0.4, 0.5) is 8.78 Å². The molecule has 0 aromatic heterocycles. The molecule has 38 heavy (non-hydrogen) atoms. The second kappa shape index (κ2) is 11.6. The van der Waals surface area contributed by atoms with Gasteiger partial charge in [0.05, 0.1) is 6.04 Å². The van der Waals surface area contributed by atoms with Gasteiger partial charge in [-0.15, -0.1) is 0 Å². The first-order valence-corrected chi connectivity index (χ1v) is 12.3. The normalized spacial score (nSPS) is 21.1. The molecule has 4 N–H and O–H groups in total. The molecule has 198 valence electrons. The molecule has 0 saturated carbocycles. The van der Waals surface area contributed by atoms with Crippen LogP contribution in [0.5, 0.6) is 0 Å². The standard InChI is InChI=1S/C29H29F2N3O4/c1-17(32)28(37)34(29(38)26(35)20-12-22(30)15-23(31)13-20)25-24(19-10-6-3-7-11-19)14-21(16-33-27(25)36)18-8-4-2-5-9-18/h2-13,15,17,21,24-26,35H,14,16,32H2,1H3,(H,33,36)/t17-,21+,24-,25-,26-/m0/s1. The topological polar surface area (TPSA) is 113 Å². The van der Waals surface area contributed by atoms with Gasteiger partial charge in [-0.2, -0.15) is 0 Å². The fourth-order valence-electron chi connectivity index (χ4n) is 4.93. The summed E-state index contributed by atoms with van der Waals surface area (Å²) < 4.78 is 27.7.